The summed E-state index contributed by atoms with van der Waals surface area (Å²) >= 11 is 0. The molecule has 0 unspecified atom stereocenters. The summed E-state index contributed by atoms with van der Waals surface area (Å²) in [5.74, 6) is 1.67. The number of ketones is 2. The maximum Gasteiger partial charge on any atom is 0.159 e. The van der Waals surface area contributed by atoms with Gasteiger partial charge in [0.05, 0.1) is 14.2 Å². The summed E-state index contributed by atoms with van der Waals surface area (Å²) in [6.07, 6.45) is 4.27. The van der Waals surface area contributed by atoms with Gasteiger partial charge < -0.3 is 9.47 Å². The lowest BCUT2D eigenvalue weighted by atomic mass is 9.91. The summed E-state index contributed by atoms with van der Waals surface area (Å²) in [6.45, 7) is 3.15. The van der Waals surface area contributed by atoms with E-state index in [0.717, 1.165) is 56.0 Å². The van der Waals surface area contributed by atoms with Gasteiger partial charge in [-0.15, -0.1) is 0 Å². The number of carbonyl (C=O) groups excluding carboxylic acids is 2. The first kappa shape index (κ1) is 30.0. The van der Waals surface area contributed by atoms with Crippen molar-refractivity contribution in [1.29, 1.82) is 0 Å². The van der Waals surface area contributed by atoms with E-state index in [9.17, 15) is 9.59 Å². The maximum absolute atomic E-state index is 11.8. The second-order valence-electron chi connectivity index (χ2n) is 10.5. The number of ether oxygens (including phenoxy) is 2. The van der Waals surface area contributed by atoms with Crippen LogP contribution in [0.4, 0.5) is 0 Å². The predicted molar refractivity (Wildman–Crippen MR) is 179 cm³/mol. The molecule has 0 saturated carbocycles. The second kappa shape index (κ2) is 13.7. The number of hydrogen-bond donors (Lipinski definition) is 0. The van der Waals surface area contributed by atoms with E-state index < -0.39 is 0 Å². The molecule has 5 aromatic rings. The molecule has 0 aliphatic heterocycles. The highest BCUT2D eigenvalue weighted by Crippen LogP contribution is 2.32. The Hall–Kier alpha value is -5.48. The van der Waals surface area contributed by atoms with Crippen molar-refractivity contribution in [1.82, 2.24) is 0 Å². The minimum Gasteiger partial charge on any atom is -0.497 e. The van der Waals surface area contributed by atoms with Crippen LogP contribution in [0.2, 0.25) is 0 Å². The Morgan fingerprint density at radius 2 is 0.659 bits per heavy atom. The summed E-state index contributed by atoms with van der Waals surface area (Å²) in [4.78, 5) is 23.6. The maximum atomic E-state index is 11.8. The predicted octanol–water partition coefficient (Wildman–Crippen LogP) is 9.29. The van der Waals surface area contributed by atoms with Crippen LogP contribution in [0.1, 0.15) is 67.9 Å². The third-order valence-corrected chi connectivity index (χ3v) is 7.57. The molecule has 218 valence electrons. The molecule has 0 bridgehead atoms. The standard InChI is InChI=1S/C40H34O4/c1-27(41)31-9-5-29(6-10-31)25-39(35-17-21-37(43-3)22-18-35)33-13-15-34(16-14-33)40(36-19-23-38(44-4)24-20-36)26-30-7-11-32(12-8-30)28(2)42/h5-26H,1-4H3/b39-25+,40-26+. The van der Waals surface area contributed by atoms with Crippen molar-refractivity contribution in [2.24, 2.45) is 0 Å². The van der Waals surface area contributed by atoms with Crippen molar-refractivity contribution < 1.29 is 19.1 Å². The van der Waals surface area contributed by atoms with Crippen LogP contribution in [0.3, 0.4) is 0 Å². The fraction of sp³-hybridized carbons (Fsp3) is 0.100. The van der Waals surface area contributed by atoms with Gasteiger partial charge in [0.1, 0.15) is 11.5 Å². The number of rotatable bonds is 10. The normalized spacial score (nSPS) is 11.6. The van der Waals surface area contributed by atoms with E-state index in [0.29, 0.717) is 11.1 Å². The average Bonchev–Trinajstić information content (AvgIpc) is 3.07. The van der Waals surface area contributed by atoms with Crippen molar-refractivity contribution in [3.63, 3.8) is 0 Å². The van der Waals surface area contributed by atoms with Gasteiger partial charge in [-0.1, -0.05) is 97.1 Å². The molecule has 0 heterocycles. The van der Waals surface area contributed by atoms with Crippen LogP contribution in [0, 0.1) is 0 Å². The van der Waals surface area contributed by atoms with E-state index in [4.69, 9.17) is 9.47 Å². The van der Waals surface area contributed by atoms with Crippen molar-refractivity contribution in [2.45, 2.75) is 13.8 Å². The lowest BCUT2D eigenvalue weighted by Gasteiger charge is -2.14. The van der Waals surface area contributed by atoms with E-state index in [1.807, 2.05) is 72.8 Å². The Kier molecular flexibility index (Phi) is 9.31. The molecule has 0 aliphatic carbocycles. The summed E-state index contributed by atoms with van der Waals surface area (Å²) < 4.78 is 10.8. The van der Waals surface area contributed by atoms with Crippen molar-refractivity contribution in [3.05, 3.63) is 166 Å². The molecule has 0 aromatic heterocycles. The Labute approximate surface area is 258 Å². The van der Waals surface area contributed by atoms with Gasteiger partial charge in [-0.2, -0.15) is 0 Å². The van der Waals surface area contributed by atoms with Crippen molar-refractivity contribution >= 4 is 34.9 Å². The smallest absolute Gasteiger partial charge is 0.159 e. The van der Waals surface area contributed by atoms with Gasteiger partial charge in [0.2, 0.25) is 0 Å². The summed E-state index contributed by atoms with van der Waals surface area (Å²) in [6, 6.07) is 39.9. The second-order valence-corrected chi connectivity index (χ2v) is 10.5. The quantitative estimate of drug-likeness (QED) is 0.122. The highest BCUT2D eigenvalue weighted by atomic mass is 16.5. The Bertz CT molecular complexity index is 1670. The number of benzene rings is 5. The Balaban J connectivity index is 1.57. The first-order valence-electron chi connectivity index (χ1n) is 14.4. The number of Topliss-reactive ketones (excluding diaryl/α,β-unsaturated/α-hetero) is 2. The first-order chi connectivity index (χ1) is 21.3. The lowest BCUT2D eigenvalue weighted by Crippen LogP contribution is -1.94. The fourth-order valence-corrected chi connectivity index (χ4v) is 5.00. The monoisotopic (exact) mass is 578 g/mol. The van der Waals surface area contributed by atoms with Crippen LogP contribution in [0.15, 0.2) is 121 Å². The Morgan fingerprint density at radius 3 is 0.909 bits per heavy atom. The summed E-state index contributed by atoms with van der Waals surface area (Å²) in [5.41, 5.74) is 9.66. The molecule has 0 amide bonds. The van der Waals surface area contributed by atoms with E-state index in [1.165, 1.54) is 0 Å². The highest BCUT2D eigenvalue weighted by molar-refractivity contribution is 5.97. The van der Waals surface area contributed by atoms with Crippen LogP contribution < -0.4 is 9.47 Å². The molecule has 0 radical (unpaired) electrons. The molecule has 0 N–H and O–H groups in total. The van der Waals surface area contributed by atoms with Crippen LogP contribution in [0.25, 0.3) is 23.3 Å². The molecule has 0 atom stereocenters. The fourth-order valence-electron chi connectivity index (χ4n) is 5.00. The molecule has 5 aromatic carbocycles. The molecule has 4 nitrogen and oxygen atoms in total. The van der Waals surface area contributed by atoms with Gasteiger partial charge >= 0.3 is 0 Å². The van der Waals surface area contributed by atoms with E-state index in [2.05, 4.69) is 60.7 Å². The topological polar surface area (TPSA) is 52.6 Å². The van der Waals surface area contributed by atoms with Crippen LogP contribution in [0.5, 0.6) is 11.5 Å². The van der Waals surface area contributed by atoms with Gasteiger partial charge in [-0.05, 0) is 94.8 Å². The highest BCUT2D eigenvalue weighted by Gasteiger charge is 2.11. The zero-order chi connectivity index (χ0) is 31.1. The SMILES string of the molecule is COc1ccc(/C(=C/c2ccc(C(C)=O)cc2)c2ccc(/C(=C\c3ccc(C(C)=O)cc3)c3ccc(OC)cc3)cc2)cc1. The number of hydrogen-bond acceptors (Lipinski definition) is 4. The minimum atomic E-state index is 0.0435. The molecule has 5 rings (SSSR count). The average molecular weight is 579 g/mol. The minimum absolute atomic E-state index is 0.0435. The van der Waals surface area contributed by atoms with E-state index >= 15 is 0 Å². The third kappa shape index (κ3) is 7.11. The zero-order valence-electron chi connectivity index (χ0n) is 25.3. The largest absolute Gasteiger partial charge is 0.497 e. The molecule has 4 heteroatoms. The van der Waals surface area contributed by atoms with E-state index in [1.54, 1.807) is 28.1 Å². The molecule has 0 saturated heterocycles. The lowest BCUT2D eigenvalue weighted by molar-refractivity contribution is 0.100. The first-order valence-corrected chi connectivity index (χ1v) is 14.4. The third-order valence-electron chi connectivity index (χ3n) is 7.57. The van der Waals surface area contributed by atoms with Gasteiger partial charge in [0, 0.05) is 11.1 Å². The van der Waals surface area contributed by atoms with E-state index in [-0.39, 0.29) is 11.6 Å². The van der Waals surface area contributed by atoms with Crippen molar-refractivity contribution in [2.75, 3.05) is 14.2 Å². The van der Waals surface area contributed by atoms with Gasteiger partial charge in [0.25, 0.3) is 0 Å². The van der Waals surface area contributed by atoms with Gasteiger partial charge in [-0.3, -0.25) is 9.59 Å². The van der Waals surface area contributed by atoms with Crippen LogP contribution in [-0.4, -0.2) is 25.8 Å². The Morgan fingerprint density at radius 1 is 0.409 bits per heavy atom. The van der Waals surface area contributed by atoms with Crippen LogP contribution >= 0.6 is 0 Å². The van der Waals surface area contributed by atoms with Crippen molar-refractivity contribution in [3.8, 4) is 11.5 Å². The number of carbonyl (C=O) groups is 2. The molecular weight excluding hydrogens is 544 g/mol. The summed E-state index contributed by atoms with van der Waals surface area (Å²) in [5, 5.41) is 0. The molecule has 44 heavy (non-hydrogen) atoms. The van der Waals surface area contributed by atoms with Gasteiger partial charge in [0.15, 0.2) is 11.6 Å². The molecule has 0 spiro atoms. The molecule has 0 aliphatic rings. The van der Waals surface area contributed by atoms with Crippen LogP contribution in [-0.2, 0) is 0 Å². The van der Waals surface area contributed by atoms with Gasteiger partial charge in [-0.25, -0.2) is 0 Å². The zero-order valence-corrected chi connectivity index (χ0v) is 25.3. The summed E-state index contributed by atoms with van der Waals surface area (Å²) in [7, 11) is 3.32. The number of methoxy groups -OCH3 is 2. The molecular formula is C40H34O4. The molecule has 0 fully saturated rings.